The van der Waals surface area contributed by atoms with E-state index in [1.165, 1.54) is 44.8 Å². The summed E-state index contributed by atoms with van der Waals surface area (Å²) in [5, 5.41) is 3.24. The van der Waals surface area contributed by atoms with Crippen molar-refractivity contribution in [3.05, 3.63) is 40.3 Å². The fourth-order valence-corrected chi connectivity index (χ4v) is 9.62. The SMILES string of the molecule is CS(=O)(=O)c1ccc(OCc2csc(C3CCN(C=O)C(C45CC6CC(CC(C6)C4)C5)C3)n2)cc1. The van der Waals surface area contributed by atoms with Crippen LogP contribution in [0.2, 0.25) is 0 Å². The van der Waals surface area contributed by atoms with Gasteiger partial charge in [0.15, 0.2) is 9.84 Å². The van der Waals surface area contributed by atoms with Crippen LogP contribution in [0.4, 0.5) is 0 Å². The number of hydrogen-bond donors (Lipinski definition) is 0. The normalized spacial score (nSPS) is 34.2. The number of nitrogens with zero attached hydrogens (tertiary/aromatic N) is 2. The Bertz CT molecular complexity index is 1150. The lowest BCUT2D eigenvalue weighted by atomic mass is 9.47. The quantitative estimate of drug-likeness (QED) is 0.484. The van der Waals surface area contributed by atoms with Gasteiger partial charge in [-0.15, -0.1) is 11.3 Å². The standard InChI is InChI=1S/C27H34N2O4S2/c1-35(31,32)24-4-2-23(3-5-24)33-15-22-16-34-26(28-22)21-6-7-29(17-30)25(11-21)27-12-18-8-19(13-27)10-20(9-18)14-27/h2-5,16-21,25H,6-15H2,1H3. The first-order chi connectivity index (χ1) is 16.8. The second kappa shape index (κ2) is 8.87. The van der Waals surface area contributed by atoms with Crippen molar-refractivity contribution >= 4 is 27.6 Å². The first-order valence-electron chi connectivity index (χ1n) is 12.9. The van der Waals surface area contributed by atoms with E-state index in [1.807, 2.05) is 0 Å². The number of carbonyl (C=O) groups is 1. The van der Waals surface area contributed by atoms with E-state index < -0.39 is 9.84 Å². The lowest BCUT2D eigenvalue weighted by molar-refractivity contribution is -0.139. The zero-order chi connectivity index (χ0) is 24.2. The van der Waals surface area contributed by atoms with Gasteiger partial charge in [-0.05, 0) is 98.8 Å². The fraction of sp³-hybridized carbons (Fsp3) is 0.630. The van der Waals surface area contributed by atoms with E-state index in [0.717, 1.165) is 54.3 Å². The van der Waals surface area contributed by atoms with Crippen LogP contribution in [0, 0.1) is 23.2 Å². The average molecular weight is 515 g/mol. The van der Waals surface area contributed by atoms with E-state index in [4.69, 9.17) is 9.72 Å². The van der Waals surface area contributed by atoms with E-state index in [0.29, 0.717) is 29.7 Å². The third-order valence-electron chi connectivity index (χ3n) is 9.13. The van der Waals surface area contributed by atoms with Crippen molar-refractivity contribution in [3.63, 3.8) is 0 Å². The van der Waals surface area contributed by atoms with Gasteiger partial charge in [0.2, 0.25) is 6.41 Å². The van der Waals surface area contributed by atoms with Gasteiger partial charge in [-0.25, -0.2) is 13.4 Å². The summed E-state index contributed by atoms with van der Waals surface area (Å²) < 4.78 is 29.2. The molecule has 1 aromatic carbocycles. The summed E-state index contributed by atoms with van der Waals surface area (Å²) in [5.74, 6) is 3.67. The lowest BCUT2D eigenvalue weighted by Gasteiger charge is -2.61. The van der Waals surface area contributed by atoms with Gasteiger partial charge in [-0.3, -0.25) is 4.79 Å². The van der Waals surface area contributed by atoms with E-state index in [-0.39, 0.29) is 4.90 Å². The first-order valence-corrected chi connectivity index (χ1v) is 15.7. The Kier molecular flexibility index (Phi) is 5.95. The number of rotatable bonds is 7. The lowest BCUT2D eigenvalue weighted by Crippen LogP contribution is -2.58. The minimum atomic E-state index is -3.21. The van der Waals surface area contributed by atoms with Crippen LogP contribution in [0.1, 0.15) is 68.0 Å². The second-order valence-corrected chi connectivity index (χ2v) is 14.5. The zero-order valence-electron chi connectivity index (χ0n) is 20.3. The molecule has 35 heavy (non-hydrogen) atoms. The number of ether oxygens (including phenoxy) is 1. The van der Waals surface area contributed by atoms with Crippen LogP contribution in [-0.2, 0) is 21.2 Å². The van der Waals surface area contributed by atoms with Crippen molar-refractivity contribution in [2.45, 2.75) is 74.8 Å². The topological polar surface area (TPSA) is 76.6 Å². The average Bonchev–Trinajstić information content (AvgIpc) is 3.30. The molecule has 5 aliphatic rings. The number of amides is 1. The van der Waals surface area contributed by atoms with Crippen molar-refractivity contribution in [3.8, 4) is 5.75 Å². The highest BCUT2D eigenvalue weighted by molar-refractivity contribution is 7.90. The molecule has 188 valence electrons. The summed E-state index contributed by atoms with van der Waals surface area (Å²) in [6, 6.07) is 6.87. The van der Waals surface area contributed by atoms with Crippen LogP contribution < -0.4 is 4.74 Å². The molecule has 2 heterocycles. The molecule has 1 amide bonds. The fourth-order valence-electron chi connectivity index (χ4n) is 8.04. The summed E-state index contributed by atoms with van der Waals surface area (Å²) in [4.78, 5) is 19.4. The Morgan fingerprint density at radius 3 is 2.34 bits per heavy atom. The molecule has 4 aliphatic carbocycles. The maximum atomic E-state index is 12.1. The molecule has 2 aromatic rings. The van der Waals surface area contributed by atoms with Crippen molar-refractivity contribution in [2.24, 2.45) is 23.2 Å². The Labute approximate surface area is 212 Å². The number of likely N-dealkylation sites (tertiary alicyclic amines) is 1. The third-order valence-corrected chi connectivity index (χ3v) is 11.3. The van der Waals surface area contributed by atoms with Gasteiger partial charge in [0.1, 0.15) is 12.4 Å². The monoisotopic (exact) mass is 514 g/mol. The van der Waals surface area contributed by atoms with Gasteiger partial charge < -0.3 is 9.64 Å². The zero-order valence-corrected chi connectivity index (χ0v) is 21.9. The molecular formula is C27H34N2O4S2. The van der Waals surface area contributed by atoms with Crippen LogP contribution in [0.3, 0.4) is 0 Å². The molecule has 1 saturated heterocycles. The van der Waals surface area contributed by atoms with E-state index in [9.17, 15) is 13.2 Å². The minimum absolute atomic E-state index is 0.288. The van der Waals surface area contributed by atoms with Crippen LogP contribution in [0.5, 0.6) is 5.75 Å². The Balaban J connectivity index is 1.13. The Morgan fingerprint density at radius 1 is 1.09 bits per heavy atom. The number of piperidine rings is 1. The van der Waals surface area contributed by atoms with Gasteiger partial charge in [0, 0.05) is 30.1 Å². The van der Waals surface area contributed by atoms with E-state index >= 15 is 0 Å². The van der Waals surface area contributed by atoms with Crippen molar-refractivity contribution in [1.29, 1.82) is 0 Å². The summed E-state index contributed by atoms with van der Waals surface area (Å²) >= 11 is 1.71. The van der Waals surface area contributed by atoms with E-state index in [1.54, 1.807) is 35.6 Å². The molecule has 2 unspecified atom stereocenters. The number of thiazole rings is 1. The Morgan fingerprint density at radius 2 is 1.74 bits per heavy atom. The number of hydrogen-bond acceptors (Lipinski definition) is 6. The molecule has 1 aromatic heterocycles. The molecule has 5 fully saturated rings. The summed E-state index contributed by atoms with van der Waals surface area (Å²) in [6.45, 7) is 1.19. The highest BCUT2D eigenvalue weighted by Crippen LogP contribution is 2.63. The molecule has 0 N–H and O–H groups in total. The predicted molar refractivity (Wildman–Crippen MR) is 135 cm³/mol. The molecule has 4 saturated carbocycles. The Hall–Kier alpha value is -1.93. The molecule has 0 radical (unpaired) electrons. The molecule has 7 rings (SSSR count). The molecule has 4 bridgehead atoms. The van der Waals surface area contributed by atoms with Crippen LogP contribution >= 0.6 is 11.3 Å². The molecule has 1 aliphatic heterocycles. The van der Waals surface area contributed by atoms with E-state index in [2.05, 4.69) is 10.3 Å². The molecular weight excluding hydrogens is 480 g/mol. The maximum absolute atomic E-state index is 12.1. The van der Waals surface area contributed by atoms with Gasteiger partial charge in [-0.1, -0.05) is 0 Å². The first kappa shape index (κ1) is 23.5. The molecule has 0 spiro atoms. The summed E-state index contributed by atoms with van der Waals surface area (Å²) in [5.41, 5.74) is 1.23. The molecule has 8 heteroatoms. The van der Waals surface area contributed by atoms with Crippen molar-refractivity contribution in [1.82, 2.24) is 9.88 Å². The van der Waals surface area contributed by atoms with Gasteiger partial charge in [0.25, 0.3) is 0 Å². The minimum Gasteiger partial charge on any atom is -0.487 e. The van der Waals surface area contributed by atoms with Crippen molar-refractivity contribution < 1.29 is 17.9 Å². The molecule has 2 atom stereocenters. The third kappa shape index (κ3) is 4.52. The number of carbonyl (C=O) groups excluding carboxylic acids is 1. The van der Waals surface area contributed by atoms with Crippen LogP contribution in [0.15, 0.2) is 34.5 Å². The van der Waals surface area contributed by atoms with Gasteiger partial charge >= 0.3 is 0 Å². The molecule has 6 nitrogen and oxygen atoms in total. The van der Waals surface area contributed by atoms with Gasteiger partial charge in [-0.2, -0.15) is 0 Å². The summed E-state index contributed by atoms with van der Waals surface area (Å²) in [7, 11) is -3.21. The predicted octanol–water partition coefficient (Wildman–Crippen LogP) is 5.05. The maximum Gasteiger partial charge on any atom is 0.209 e. The number of sulfone groups is 1. The van der Waals surface area contributed by atoms with Gasteiger partial charge in [0.05, 0.1) is 15.6 Å². The van der Waals surface area contributed by atoms with Crippen LogP contribution in [-0.4, -0.2) is 43.6 Å². The smallest absolute Gasteiger partial charge is 0.209 e. The highest BCUT2D eigenvalue weighted by Gasteiger charge is 2.56. The number of aromatic nitrogens is 1. The van der Waals surface area contributed by atoms with Crippen LogP contribution in [0.25, 0.3) is 0 Å². The largest absolute Gasteiger partial charge is 0.487 e. The second-order valence-electron chi connectivity index (χ2n) is 11.6. The summed E-state index contributed by atoms with van der Waals surface area (Å²) in [6.07, 6.45) is 12.5. The van der Waals surface area contributed by atoms with Crippen molar-refractivity contribution in [2.75, 3.05) is 12.8 Å². The number of benzene rings is 1. The highest BCUT2D eigenvalue weighted by atomic mass is 32.2.